The number of carbonyl (C=O) groups is 2. The highest BCUT2D eigenvalue weighted by atomic mass is 32.2. The van der Waals surface area contributed by atoms with Gasteiger partial charge in [-0.1, -0.05) is 30.0 Å². The zero-order valence-corrected chi connectivity index (χ0v) is 19.0. The molecule has 1 aliphatic rings. The summed E-state index contributed by atoms with van der Waals surface area (Å²) < 4.78 is 15.7. The Morgan fingerprint density at radius 2 is 1.88 bits per heavy atom. The minimum atomic E-state index is -0.755. The van der Waals surface area contributed by atoms with Crippen molar-refractivity contribution in [3.8, 4) is 11.5 Å². The van der Waals surface area contributed by atoms with E-state index in [0.29, 0.717) is 27.5 Å². The minimum Gasteiger partial charge on any atom is -0.506 e. The van der Waals surface area contributed by atoms with Crippen LogP contribution in [0.25, 0.3) is 6.08 Å². The Labute approximate surface area is 190 Å². The Hall–Kier alpha value is -3.52. The van der Waals surface area contributed by atoms with Crippen molar-refractivity contribution >= 4 is 34.8 Å². The number of benzene rings is 2. The van der Waals surface area contributed by atoms with Crippen molar-refractivity contribution in [2.24, 2.45) is 4.99 Å². The van der Waals surface area contributed by atoms with Crippen LogP contribution in [0.15, 0.2) is 63.7 Å². The van der Waals surface area contributed by atoms with E-state index in [2.05, 4.69) is 4.99 Å². The van der Waals surface area contributed by atoms with Crippen LogP contribution in [0.2, 0.25) is 0 Å². The second kappa shape index (κ2) is 10.2. The van der Waals surface area contributed by atoms with Gasteiger partial charge < -0.3 is 19.3 Å². The molecule has 0 atom stereocenters. The summed E-state index contributed by atoms with van der Waals surface area (Å²) in [5.74, 6) is -0.436. The molecule has 0 radical (unpaired) electrons. The normalized spacial score (nSPS) is 15.9. The highest BCUT2D eigenvalue weighted by molar-refractivity contribution is 8.18. The molecule has 0 fully saturated rings. The number of ether oxygens (including phenoxy) is 3. The summed E-state index contributed by atoms with van der Waals surface area (Å²) in [4.78, 5) is 29.8. The van der Waals surface area contributed by atoms with E-state index < -0.39 is 11.9 Å². The van der Waals surface area contributed by atoms with Gasteiger partial charge in [0, 0.05) is 11.1 Å². The predicted molar refractivity (Wildman–Crippen MR) is 124 cm³/mol. The zero-order valence-electron chi connectivity index (χ0n) is 18.2. The van der Waals surface area contributed by atoms with Crippen molar-refractivity contribution in [3.63, 3.8) is 0 Å². The quantitative estimate of drug-likeness (QED) is 0.633. The molecule has 32 heavy (non-hydrogen) atoms. The van der Waals surface area contributed by atoms with Gasteiger partial charge in [0.15, 0.2) is 0 Å². The number of nitrogens with zero attached hydrogens (tertiary/aromatic N) is 1. The molecule has 0 saturated carbocycles. The Balaban J connectivity index is 2.08. The summed E-state index contributed by atoms with van der Waals surface area (Å²) in [7, 11) is 3.07. The molecule has 0 spiro atoms. The van der Waals surface area contributed by atoms with E-state index in [1.165, 1.54) is 7.11 Å². The first kappa shape index (κ1) is 23.1. The van der Waals surface area contributed by atoms with Gasteiger partial charge in [0.05, 0.1) is 25.7 Å². The lowest BCUT2D eigenvalue weighted by molar-refractivity contribution is -0.138. The first-order valence-corrected chi connectivity index (χ1v) is 10.6. The predicted octanol–water partition coefficient (Wildman–Crippen LogP) is 4.71. The van der Waals surface area contributed by atoms with Gasteiger partial charge in [-0.3, -0.25) is 4.79 Å². The third-order valence-electron chi connectivity index (χ3n) is 4.67. The number of methoxy groups -OCH3 is 2. The maximum Gasteiger partial charge on any atom is 0.344 e. The van der Waals surface area contributed by atoms with E-state index in [1.807, 2.05) is 6.07 Å². The lowest BCUT2D eigenvalue weighted by Crippen LogP contribution is -2.14. The molecule has 166 valence electrons. The fourth-order valence-electron chi connectivity index (χ4n) is 3.05. The molecular formula is C24H23NO6S. The van der Waals surface area contributed by atoms with Gasteiger partial charge in [-0.25, -0.2) is 9.79 Å². The van der Waals surface area contributed by atoms with Gasteiger partial charge in [0.25, 0.3) is 5.91 Å². The molecule has 3 rings (SSSR count). The second-order valence-electron chi connectivity index (χ2n) is 6.70. The van der Waals surface area contributed by atoms with E-state index in [0.717, 1.165) is 17.3 Å². The van der Waals surface area contributed by atoms with Crippen LogP contribution in [0.5, 0.6) is 11.5 Å². The van der Waals surface area contributed by atoms with Crippen LogP contribution in [0, 0.1) is 6.92 Å². The number of esters is 1. The number of aliphatic hydroxyl groups is 1. The van der Waals surface area contributed by atoms with Gasteiger partial charge in [0.2, 0.25) is 0 Å². The Bertz CT molecular complexity index is 1150. The Kier molecular flexibility index (Phi) is 7.37. The van der Waals surface area contributed by atoms with Crippen molar-refractivity contribution in [2.75, 3.05) is 20.8 Å². The fraction of sp³-hybridized carbons (Fsp3) is 0.208. The van der Waals surface area contributed by atoms with E-state index >= 15 is 0 Å². The van der Waals surface area contributed by atoms with Gasteiger partial charge >= 0.3 is 5.97 Å². The SMILES string of the molecule is CCOC(=O)C1=C(O)/C(=C/c2cc(OC)ccc2OC)SC1=NC(=O)c1ccccc1C. The molecule has 8 heteroatoms. The lowest BCUT2D eigenvalue weighted by atomic mass is 10.1. The maximum atomic E-state index is 12.8. The van der Waals surface area contributed by atoms with Crippen LogP contribution in [0.3, 0.4) is 0 Å². The molecule has 0 aliphatic carbocycles. The van der Waals surface area contributed by atoms with Crippen molar-refractivity contribution in [3.05, 3.63) is 75.4 Å². The van der Waals surface area contributed by atoms with E-state index in [-0.39, 0.29) is 23.0 Å². The number of hydrogen-bond acceptors (Lipinski definition) is 7. The molecule has 1 amide bonds. The van der Waals surface area contributed by atoms with E-state index in [9.17, 15) is 14.7 Å². The summed E-state index contributed by atoms with van der Waals surface area (Å²) in [6.07, 6.45) is 1.64. The zero-order chi connectivity index (χ0) is 23.3. The number of amides is 1. The van der Waals surface area contributed by atoms with Gasteiger partial charge in [-0.2, -0.15) is 0 Å². The highest BCUT2D eigenvalue weighted by Crippen LogP contribution is 2.40. The number of aryl methyl sites for hydroxylation is 1. The number of aliphatic hydroxyl groups excluding tert-OH is 1. The largest absolute Gasteiger partial charge is 0.506 e. The summed E-state index contributed by atoms with van der Waals surface area (Å²) in [5, 5.41) is 10.9. The Morgan fingerprint density at radius 1 is 1.12 bits per heavy atom. The monoisotopic (exact) mass is 453 g/mol. The summed E-state index contributed by atoms with van der Waals surface area (Å²) in [5.41, 5.74) is 1.64. The van der Waals surface area contributed by atoms with Crippen molar-refractivity contribution < 1.29 is 28.9 Å². The first-order valence-electron chi connectivity index (χ1n) is 9.80. The van der Waals surface area contributed by atoms with E-state index in [4.69, 9.17) is 14.2 Å². The number of thioether (sulfide) groups is 1. The van der Waals surface area contributed by atoms with Crippen molar-refractivity contribution in [2.45, 2.75) is 13.8 Å². The number of carbonyl (C=O) groups excluding carboxylic acids is 2. The van der Waals surface area contributed by atoms with E-state index in [1.54, 1.807) is 63.4 Å². The smallest absolute Gasteiger partial charge is 0.344 e. The molecule has 1 N–H and O–H groups in total. The van der Waals surface area contributed by atoms with Crippen LogP contribution in [-0.2, 0) is 9.53 Å². The summed E-state index contributed by atoms with van der Waals surface area (Å²) in [6.45, 7) is 3.57. The van der Waals surface area contributed by atoms with Crippen molar-refractivity contribution in [1.82, 2.24) is 0 Å². The molecule has 0 saturated heterocycles. The standard InChI is InChI=1S/C24H23NO6S/c1-5-31-24(28)20-21(26)19(13-15-12-16(29-3)10-11-18(15)30-4)32-23(20)25-22(27)17-9-7-6-8-14(17)2/h6-13,26H,5H2,1-4H3/b19-13-,25-23?. The molecule has 0 aromatic heterocycles. The molecular weight excluding hydrogens is 430 g/mol. The molecule has 0 unspecified atom stereocenters. The first-order chi connectivity index (χ1) is 15.4. The van der Waals surface area contributed by atoms with Gasteiger partial charge in [-0.15, -0.1) is 0 Å². The fourth-order valence-corrected chi connectivity index (χ4v) is 4.05. The summed E-state index contributed by atoms with van der Waals surface area (Å²) >= 11 is 1.01. The molecule has 2 aromatic carbocycles. The molecule has 1 aliphatic heterocycles. The highest BCUT2D eigenvalue weighted by Gasteiger charge is 2.34. The maximum absolute atomic E-state index is 12.8. The van der Waals surface area contributed by atoms with Crippen molar-refractivity contribution in [1.29, 1.82) is 0 Å². The Morgan fingerprint density at radius 3 is 2.53 bits per heavy atom. The summed E-state index contributed by atoms with van der Waals surface area (Å²) in [6, 6.07) is 12.2. The second-order valence-corrected chi connectivity index (χ2v) is 7.73. The number of rotatable bonds is 6. The lowest BCUT2D eigenvalue weighted by Gasteiger charge is -2.08. The average molecular weight is 454 g/mol. The molecule has 7 nitrogen and oxygen atoms in total. The number of aliphatic imine (C=N–C) groups is 1. The van der Waals surface area contributed by atoms with Crippen LogP contribution < -0.4 is 9.47 Å². The van der Waals surface area contributed by atoms with Gasteiger partial charge in [0.1, 0.15) is 27.9 Å². The molecule has 1 heterocycles. The van der Waals surface area contributed by atoms with Crippen LogP contribution in [-0.4, -0.2) is 42.9 Å². The van der Waals surface area contributed by atoms with Crippen LogP contribution >= 0.6 is 11.8 Å². The molecule has 0 bridgehead atoms. The average Bonchev–Trinajstić information content (AvgIpc) is 3.08. The minimum absolute atomic E-state index is 0.0716. The van der Waals surface area contributed by atoms with Gasteiger partial charge in [-0.05, 0) is 49.8 Å². The third kappa shape index (κ3) is 4.86. The van der Waals surface area contributed by atoms with Crippen LogP contribution in [0.1, 0.15) is 28.4 Å². The van der Waals surface area contributed by atoms with Crippen LogP contribution in [0.4, 0.5) is 0 Å². The topological polar surface area (TPSA) is 94.4 Å². The number of hydrogen-bond donors (Lipinski definition) is 1. The third-order valence-corrected chi connectivity index (χ3v) is 5.69. The molecule has 2 aromatic rings.